The zero-order valence-corrected chi connectivity index (χ0v) is 6.15. The monoisotopic (exact) mass is 262 g/mol. The molecule has 0 aliphatic rings. The average molecular weight is 260 g/mol. The minimum Gasteiger partial charge on any atom is -0.545 e. The van der Waals surface area contributed by atoms with Gasteiger partial charge in [-0.3, -0.25) is 13.6 Å². The molecule has 0 saturated heterocycles. The first-order valence-corrected chi connectivity index (χ1v) is 0.471. The summed E-state index contributed by atoms with van der Waals surface area (Å²) in [5.41, 5.74) is 0. The predicted octanol–water partition coefficient (Wildman–Crippen LogP) is -0.553. The van der Waals surface area contributed by atoms with Gasteiger partial charge in [-0.25, -0.2) is 0 Å². The number of hydrogen-bond donors (Lipinski definition) is 0. The fourth-order valence-corrected chi connectivity index (χ4v) is 0. The van der Waals surface area contributed by atoms with Crippen LogP contribution in [0.5, 0.6) is 0 Å². The van der Waals surface area contributed by atoms with Gasteiger partial charge in [-0.1, -0.05) is 0 Å². The molecule has 0 spiro atoms. The molecule has 2 nitrogen and oxygen atoms in total. The molecule has 0 aromatic heterocycles. The van der Waals surface area contributed by atoms with Crippen molar-refractivity contribution in [2.24, 2.45) is 0 Å². The van der Waals surface area contributed by atoms with Crippen molar-refractivity contribution in [3.8, 4) is 0 Å². The van der Waals surface area contributed by atoms with Gasteiger partial charge >= 0.3 is 39.0 Å². The minimum absolute atomic E-state index is 0. The summed E-state index contributed by atoms with van der Waals surface area (Å²) >= 11 is 0. The largest absolute Gasteiger partial charge is 1.00 e. The van der Waals surface area contributed by atoms with Gasteiger partial charge in [0.05, 0.1) is 0 Å². The number of hydrogen-bond acceptors (Lipinski definition) is 2. The van der Waals surface area contributed by atoms with Gasteiger partial charge < -0.3 is 9.59 Å². The smallest absolute Gasteiger partial charge is 0.545 e. The van der Waals surface area contributed by atoms with Crippen LogP contribution in [0, 0.1) is 0 Å². The summed E-state index contributed by atoms with van der Waals surface area (Å²) in [7, 11) is 0. The molecule has 0 aromatic carbocycles. The Bertz CT molecular complexity index is 11.5. The van der Waals surface area contributed by atoms with Gasteiger partial charge in [-0.2, -0.15) is 0 Å². The maximum absolute atomic E-state index is 7.75. The molecule has 6 heavy (non-hydrogen) atoms. The molecule has 0 N–H and O–H groups in total. The van der Waals surface area contributed by atoms with Crippen LogP contribution in [0.1, 0.15) is 0 Å². The molecule has 0 aliphatic carbocycles. The molecule has 4 heteroatoms. The van der Waals surface area contributed by atoms with E-state index in [-0.39, 0.29) is 39.0 Å². The fourth-order valence-electron chi connectivity index (χ4n) is 0. The van der Waals surface area contributed by atoms with Crippen LogP contribution in [-0.4, -0.2) is 13.6 Å². The zero-order chi connectivity index (χ0) is 4.00. The second-order valence-corrected chi connectivity index (χ2v) is 0. The van der Waals surface area contributed by atoms with E-state index < -0.39 is 0 Å². The first-order valence-electron chi connectivity index (χ1n) is 0.471. The Morgan fingerprint density at radius 3 is 0.667 bits per heavy atom. The van der Waals surface area contributed by atoms with Gasteiger partial charge in [0, 0.05) is 0 Å². The number of carbonyl (C=O) groups excluding carboxylic acids is 2. The van der Waals surface area contributed by atoms with Crippen molar-refractivity contribution in [3.05, 3.63) is 0 Å². The second-order valence-electron chi connectivity index (χ2n) is 0. The topological polar surface area (TPSA) is 34.1 Å². The summed E-state index contributed by atoms with van der Waals surface area (Å²) in [5.74, 6) is 0. The van der Waals surface area contributed by atoms with Crippen LogP contribution in [0.2, 0.25) is 0 Å². The van der Waals surface area contributed by atoms with Gasteiger partial charge in [0.15, 0.2) is 0 Å². The zero-order valence-electron chi connectivity index (χ0n) is 2.68. The molecule has 0 bridgehead atoms. The van der Waals surface area contributed by atoms with Crippen molar-refractivity contribution < 1.29 is 48.5 Å². The maximum atomic E-state index is 7.75. The fraction of sp³-hybridized carbons (Fsp3) is 0. The van der Waals surface area contributed by atoms with Gasteiger partial charge in [-0.05, 0) is 0 Å². The van der Waals surface area contributed by atoms with Crippen molar-refractivity contribution in [2.45, 2.75) is 0 Å². The molecule has 0 unspecified atom stereocenters. The Balaban J connectivity index is -0.00000000500. The Labute approximate surface area is 62.2 Å². The first-order chi connectivity index (χ1) is 2.00. The van der Waals surface area contributed by atoms with Gasteiger partial charge in [0.25, 0.3) is 0 Å². The summed E-state index contributed by atoms with van der Waals surface area (Å²) < 4.78 is 0. The molecule has 0 heterocycles. The van der Waals surface area contributed by atoms with E-state index >= 15 is 0 Å². The standard InChI is InChI=1S/2CHO.2Ru/c2*1-2;;/h2*1H;;/q2*-1;2*+1. The molecule has 2 radical (unpaired) electrons. The van der Waals surface area contributed by atoms with E-state index in [2.05, 4.69) is 13.6 Å². The molecule has 0 aromatic rings. The molecule has 0 amide bonds. The third-order valence-electron chi connectivity index (χ3n) is 0. The number of rotatable bonds is 0. The van der Waals surface area contributed by atoms with Gasteiger partial charge in [0.1, 0.15) is 0 Å². The van der Waals surface area contributed by atoms with Gasteiger partial charge in [0.2, 0.25) is 0 Å². The van der Waals surface area contributed by atoms with Crippen molar-refractivity contribution >= 4 is 13.6 Å². The van der Waals surface area contributed by atoms with Gasteiger partial charge in [-0.15, -0.1) is 0 Å². The summed E-state index contributed by atoms with van der Waals surface area (Å²) in [4.78, 5) is 15.5. The molecule has 0 atom stereocenters. The average Bonchev–Trinajstić information content (AvgIpc) is 1.50. The van der Waals surface area contributed by atoms with E-state index in [1.54, 1.807) is 0 Å². The van der Waals surface area contributed by atoms with Crippen molar-refractivity contribution in [3.63, 3.8) is 0 Å². The summed E-state index contributed by atoms with van der Waals surface area (Å²) in [6, 6.07) is 0. The minimum atomic E-state index is 0. The van der Waals surface area contributed by atoms with E-state index in [0.29, 0.717) is 0 Å². The molecule has 38 valence electrons. The normalized spacial score (nSPS) is 1.33. The van der Waals surface area contributed by atoms with E-state index in [9.17, 15) is 0 Å². The van der Waals surface area contributed by atoms with Crippen LogP contribution in [0.3, 0.4) is 0 Å². The van der Waals surface area contributed by atoms with Crippen LogP contribution >= 0.6 is 0 Å². The van der Waals surface area contributed by atoms with Crippen LogP contribution in [0.4, 0.5) is 0 Å². The predicted molar refractivity (Wildman–Crippen MR) is 13.5 cm³/mol. The van der Waals surface area contributed by atoms with E-state index in [0.717, 1.165) is 0 Å². The van der Waals surface area contributed by atoms with Crippen LogP contribution in [-0.2, 0) is 48.5 Å². The summed E-state index contributed by atoms with van der Waals surface area (Å²) in [5, 5.41) is 0. The van der Waals surface area contributed by atoms with E-state index in [4.69, 9.17) is 9.59 Å². The molecule has 0 fully saturated rings. The Hall–Kier alpha value is 0.587. The summed E-state index contributed by atoms with van der Waals surface area (Å²) in [6.07, 6.45) is 0. The SMILES string of the molecule is [CH-]=O.[CH-]=O.[Ru+].[Ru+]. The third-order valence-corrected chi connectivity index (χ3v) is 0. The first kappa shape index (κ1) is 30.7. The van der Waals surface area contributed by atoms with Crippen LogP contribution < -0.4 is 0 Å². The quantitative estimate of drug-likeness (QED) is 0.332. The molecule has 0 aliphatic heterocycles. The van der Waals surface area contributed by atoms with E-state index in [1.165, 1.54) is 0 Å². The van der Waals surface area contributed by atoms with Crippen LogP contribution in [0.15, 0.2) is 0 Å². The third kappa shape index (κ3) is 171. The molecular weight excluding hydrogens is 258 g/mol. The van der Waals surface area contributed by atoms with E-state index in [1.807, 2.05) is 0 Å². The molecular formula is C2H2O2Ru2. The Morgan fingerprint density at radius 1 is 0.667 bits per heavy atom. The maximum Gasteiger partial charge on any atom is 1.00 e. The summed E-state index contributed by atoms with van der Waals surface area (Å²) in [6.45, 7) is 6.50. The van der Waals surface area contributed by atoms with Crippen molar-refractivity contribution in [2.75, 3.05) is 0 Å². The van der Waals surface area contributed by atoms with Crippen molar-refractivity contribution in [1.82, 2.24) is 0 Å². The van der Waals surface area contributed by atoms with Crippen LogP contribution in [0.25, 0.3) is 0 Å². The Morgan fingerprint density at radius 2 is 0.667 bits per heavy atom. The Kier molecular flexibility index (Phi) is 1750. The molecule has 0 saturated carbocycles. The van der Waals surface area contributed by atoms with Crippen molar-refractivity contribution in [1.29, 1.82) is 0 Å². The molecule has 0 rings (SSSR count). The second kappa shape index (κ2) is 341.